The first kappa shape index (κ1) is 15.7. The highest BCUT2D eigenvalue weighted by Crippen LogP contribution is 2.37. The molecule has 1 N–H and O–H groups in total. The average Bonchev–Trinajstić information content (AvgIpc) is 2.97. The van der Waals surface area contributed by atoms with Gasteiger partial charge in [0.2, 0.25) is 0 Å². The van der Waals surface area contributed by atoms with Crippen molar-refractivity contribution in [1.29, 1.82) is 0 Å². The van der Waals surface area contributed by atoms with Crippen molar-refractivity contribution in [2.45, 2.75) is 69.5 Å². The summed E-state index contributed by atoms with van der Waals surface area (Å²) in [4.78, 5) is 0. The monoisotopic (exact) mass is 299 g/mol. The van der Waals surface area contributed by atoms with Gasteiger partial charge in [0.1, 0.15) is 0 Å². The van der Waals surface area contributed by atoms with Crippen molar-refractivity contribution in [2.75, 3.05) is 33.0 Å². The van der Waals surface area contributed by atoms with Crippen molar-refractivity contribution in [3.8, 4) is 0 Å². The van der Waals surface area contributed by atoms with Crippen LogP contribution in [0.5, 0.6) is 0 Å². The van der Waals surface area contributed by atoms with Crippen LogP contribution >= 0.6 is 0 Å². The van der Waals surface area contributed by atoms with E-state index < -0.39 is 0 Å². The molecule has 21 heavy (non-hydrogen) atoms. The standard InChI is InChI=1S/C16H29NO4/c1-2-17-14-6-7-16(20-9-10-21-16)11-15(14)19-12-13-5-3-4-8-18-13/h13-15,17H,2-12H2,1H3. The van der Waals surface area contributed by atoms with E-state index in [4.69, 9.17) is 18.9 Å². The van der Waals surface area contributed by atoms with Crippen LogP contribution in [0.3, 0.4) is 0 Å². The summed E-state index contributed by atoms with van der Waals surface area (Å²) < 4.78 is 23.7. The Bertz CT molecular complexity index is 313. The van der Waals surface area contributed by atoms with Crippen molar-refractivity contribution in [3.63, 3.8) is 0 Å². The van der Waals surface area contributed by atoms with Crippen LogP contribution in [0.2, 0.25) is 0 Å². The quantitative estimate of drug-likeness (QED) is 0.839. The Morgan fingerprint density at radius 2 is 2.00 bits per heavy atom. The van der Waals surface area contributed by atoms with Gasteiger partial charge < -0.3 is 24.3 Å². The molecular formula is C16H29NO4. The molecule has 122 valence electrons. The first-order valence-corrected chi connectivity index (χ1v) is 8.56. The summed E-state index contributed by atoms with van der Waals surface area (Å²) >= 11 is 0. The van der Waals surface area contributed by atoms with Crippen LogP contribution < -0.4 is 5.32 Å². The molecule has 5 nitrogen and oxygen atoms in total. The van der Waals surface area contributed by atoms with Crippen LogP contribution in [-0.4, -0.2) is 57.0 Å². The average molecular weight is 299 g/mol. The molecule has 3 atom stereocenters. The second-order valence-corrected chi connectivity index (χ2v) is 6.37. The van der Waals surface area contributed by atoms with Gasteiger partial charge in [-0.1, -0.05) is 6.92 Å². The van der Waals surface area contributed by atoms with E-state index in [-0.39, 0.29) is 18.0 Å². The van der Waals surface area contributed by atoms with Crippen LogP contribution in [0.25, 0.3) is 0 Å². The number of nitrogens with one attached hydrogen (secondary N) is 1. The van der Waals surface area contributed by atoms with Crippen molar-refractivity contribution in [1.82, 2.24) is 5.32 Å². The summed E-state index contributed by atoms with van der Waals surface area (Å²) in [7, 11) is 0. The Labute approximate surface area is 127 Å². The van der Waals surface area contributed by atoms with E-state index >= 15 is 0 Å². The van der Waals surface area contributed by atoms with E-state index in [0.717, 1.165) is 38.8 Å². The molecule has 3 rings (SSSR count). The molecule has 2 heterocycles. The summed E-state index contributed by atoms with van der Waals surface area (Å²) in [5, 5.41) is 3.55. The molecule has 2 aliphatic heterocycles. The predicted molar refractivity (Wildman–Crippen MR) is 79.3 cm³/mol. The van der Waals surface area contributed by atoms with E-state index in [1.165, 1.54) is 12.8 Å². The maximum Gasteiger partial charge on any atom is 0.171 e. The highest BCUT2D eigenvalue weighted by Gasteiger charge is 2.45. The number of ether oxygens (including phenoxy) is 4. The van der Waals surface area contributed by atoms with Crippen molar-refractivity contribution >= 4 is 0 Å². The normalized spacial score (nSPS) is 36.1. The lowest BCUT2D eigenvalue weighted by molar-refractivity contribution is -0.211. The van der Waals surface area contributed by atoms with Crippen molar-refractivity contribution < 1.29 is 18.9 Å². The van der Waals surface area contributed by atoms with Crippen LogP contribution in [0, 0.1) is 0 Å². The van der Waals surface area contributed by atoms with Gasteiger partial charge in [-0.25, -0.2) is 0 Å². The Morgan fingerprint density at radius 1 is 1.14 bits per heavy atom. The van der Waals surface area contributed by atoms with Gasteiger partial charge >= 0.3 is 0 Å². The van der Waals surface area contributed by atoms with E-state index in [1.54, 1.807) is 0 Å². The minimum Gasteiger partial charge on any atom is -0.376 e. The van der Waals surface area contributed by atoms with E-state index in [2.05, 4.69) is 12.2 Å². The van der Waals surface area contributed by atoms with Gasteiger partial charge in [-0.3, -0.25) is 0 Å². The molecule has 0 aromatic rings. The van der Waals surface area contributed by atoms with Gasteiger partial charge in [0.05, 0.1) is 32.0 Å². The topological polar surface area (TPSA) is 49.0 Å². The third kappa shape index (κ3) is 3.96. The number of rotatable bonds is 5. The Morgan fingerprint density at radius 3 is 2.71 bits per heavy atom. The largest absolute Gasteiger partial charge is 0.376 e. The molecule has 3 fully saturated rings. The highest BCUT2D eigenvalue weighted by molar-refractivity contribution is 4.92. The first-order valence-electron chi connectivity index (χ1n) is 8.56. The fraction of sp³-hybridized carbons (Fsp3) is 1.00. The maximum atomic E-state index is 6.23. The molecule has 0 amide bonds. The van der Waals surface area contributed by atoms with Crippen LogP contribution in [0.15, 0.2) is 0 Å². The third-order valence-corrected chi connectivity index (χ3v) is 4.85. The van der Waals surface area contributed by atoms with Gasteiger partial charge in [0.15, 0.2) is 5.79 Å². The maximum absolute atomic E-state index is 6.23. The van der Waals surface area contributed by atoms with E-state index in [0.29, 0.717) is 25.9 Å². The Hall–Kier alpha value is -0.200. The molecule has 0 bridgehead atoms. The minimum absolute atomic E-state index is 0.155. The number of hydrogen-bond acceptors (Lipinski definition) is 5. The zero-order chi connectivity index (χ0) is 14.5. The minimum atomic E-state index is -0.385. The summed E-state index contributed by atoms with van der Waals surface area (Å²) in [6.07, 6.45) is 6.82. The van der Waals surface area contributed by atoms with Crippen LogP contribution in [0.1, 0.15) is 45.4 Å². The fourth-order valence-electron chi connectivity index (χ4n) is 3.71. The second-order valence-electron chi connectivity index (χ2n) is 6.37. The van der Waals surface area contributed by atoms with Crippen LogP contribution in [0.4, 0.5) is 0 Å². The smallest absolute Gasteiger partial charge is 0.171 e. The summed E-state index contributed by atoms with van der Waals surface area (Å²) in [5.74, 6) is -0.385. The highest BCUT2D eigenvalue weighted by atomic mass is 16.7. The zero-order valence-corrected chi connectivity index (χ0v) is 13.1. The van der Waals surface area contributed by atoms with Gasteiger partial charge in [-0.2, -0.15) is 0 Å². The second kappa shape index (κ2) is 7.38. The van der Waals surface area contributed by atoms with Crippen LogP contribution in [-0.2, 0) is 18.9 Å². The molecule has 3 unspecified atom stereocenters. The third-order valence-electron chi connectivity index (χ3n) is 4.85. The van der Waals surface area contributed by atoms with Gasteiger partial charge in [-0.15, -0.1) is 0 Å². The first-order chi connectivity index (χ1) is 10.3. The molecule has 1 saturated carbocycles. The Balaban J connectivity index is 1.54. The van der Waals surface area contributed by atoms with Gasteiger partial charge in [0, 0.05) is 25.5 Å². The summed E-state index contributed by atoms with van der Waals surface area (Å²) in [5.41, 5.74) is 0. The molecule has 2 saturated heterocycles. The van der Waals surface area contributed by atoms with Gasteiger partial charge in [0.25, 0.3) is 0 Å². The van der Waals surface area contributed by atoms with Crippen molar-refractivity contribution in [3.05, 3.63) is 0 Å². The number of hydrogen-bond donors (Lipinski definition) is 1. The summed E-state index contributed by atoms with van der Waals surface area (Å²) in [6, 6.07) is 0.400. The molecular weight excluding hydrogens is 270 g/mol. The number of likely N-dealkylation sites (N-methyl/N-ethyl adjacent to an activating group) is 1. The fourth-order valence-corrected chi connectivity index (χ4v) is 3.71. The predicted octanol–water partition coefficient (Wildman–Crippen LogP) is 1.85. The molecule has 1 aliphatic carbocycles. The SMILES string of the molecule is CCNC1CCC2(CC1OCC1CCCCO1)OCCO2. The summed E-state index contributed by atoms with van der Waals surface area (Å²) in [6.45, 7) is 6.12. The lowest BCUT2D eigenvalue weighted by Gasteiger charge is -2.41. The Kier molecular flexibility index (Phi) is 5.51. The van der Waals surface area contributed by atoms with E-state index in [9.17, 15) is 0 Å². The molecule has 0 aromatic carbocycles. The van der Waals surface area contributed by atoms with Gasteiger partial charge in [-0.05, 0) is 32.2 Å². The lowest BCUT2D eigenvalue weighted by atomic mass is 9.87. The zero-order valence-electron chi connectivity index (χ0n) is 13.1. The molecule has 0 aromatic heterocycles. The van der Waals surface area contributed by atoms with Crippen molar-refractivity contribution in [2.24, 2.45) is 0 Å². The molecule has 5 heteroatoms. The lowest BCUT2D eigenvalue weighted by Crippen LogP contribution is -2.52. The molecule has 1 spiro atoms. The molecule has 0 radical (unpaired) electrons. The molecule has 3 aliphatic rings. The van der Waals surface area contributed by atoms with E-state index in [1.807, 2.05) is 0 Å².